The predicted octanol–water partition coefficient (Wildman–Crippen LogP) is 3.95. The van der Waals surface area contributed by atoms with Crippen LogP contribution < -0.4 is 19.6 Å². The van der Waals surface area contributed by atoms with E-state index in [1.54, 1.807) is 50.9 Å². The van der Waals surface area contributed by atoms with Crippen molar-refractivity contribution in [2.75, 3.05) is 21.3 Å². The van der Waals surface area contributed by atoms with E-state index in [0.29, 0.717) is 22.6 Å². The van der Waals surface area contributed by atoms with Crippen LogP contribution in [0.15, 0.2) is 47.3 Å². The van der Waals surface area contributed by atoms with Crippen molar-refractivity contribution in [3.63, 3.8) is 0 Å². The fourth-order valence-electron chi connectivity index (χ4n) is 2.35. The van der Waals surface area contributed by atoms with Crippen LogP contribution in [0.3, 0.4) is 0 Å². The summed E-state index contributed by atoms with van der Waals surface area (Å²) in [5.41, 5.74) is 0.857. The first-order valence-corrected chi connectivity index (χ1v) is 7.81. The minimum absolute atomic E-state index is 0.0329. The summed E-state index contributed by atoms with van der Waals surface area (Å²) in [4.78, 5) is 13.3. The van der Waals surface area contributed by atoms with Gasteiger partial charge in [-0.15, -0.1) is 11.3 Å². The van der Waals surface area contributed by atoms with Gasteiger partial charge in [0.05, 0.1) is 21.3 Å². The Morgan fingerprint density at radius 2 is 1.43 bits per heavy atom. The molecular formula is C18H16O4S. The van der Waals surface area contributed by atoms with Gasteiger partial charge in [0, 0.05) is 27.1 Å². The lowest BCUT2D eigenvalue weighted by Crippen LogP contribution is -1.99. The minimum Gasteiger partial charge on any atom is -0.497 e. The van der Waals surface area contributed by atoms with Gasteiger partial charge >= 0.3 is 0 Å². The molecule has 0 atom stereocenters. The molecule has 0 saturated carbocycles. The molecule has 0 N–H and O–H groups in total. The second-order valence-electron chi connectivity index (χ2n) is 4.94. The molecule has 118 valence electrons. The van der Waals surface area contributed by atoms with Crippen molar-refractivity contribution in [2.24, 2.45) is 0 Å². The van der Waals surface area contributed by atoms with Crippen LogP contribution in [0.2, 0.25) is 0 Å². The highest BCUT2D eigenvalue weighted by Crippen LogP contribution is 2.34. The summed E-state index contributed by atoms with van der Waals surface area (Å²) in [5.74, 6) is 2.06. The first kappa shape index (κ1) is 15.4. The maximum Gasteiger partial charge on any atom is 0.188 e. The van der Waals surface area contributed by atoms with Gasteiger partial charge in [0.1, 0.15) is 17.2 Å². The average Bonchev–Trinajstić information content (AvgIpc) is 2.60. The predicted molar refractivity (Wildman–Crippen MR) is 93.2 cm³/mol. The standard InChI is InChI=1S/C18H16O4S/c1-20-12-4-5-17-15(9-12)16(19)10-18(23-17)11-6-13(21-2)8-14(7-11)22-3/h4-10H,1-3H3. The Kier molecular flexibility index (Phi) is 4.21. The van der Waals surface area contributed by atoms with Gasteiger partial charge < -0.3 is 14.2 Å². The number of benzene rings is 2. The van der Waals surface area contributed by atoms with E-state index >= 15 is 0 Å². The summed E-state index contributed by atoms with van der Waals surface area (Å²) in [5, 5.41) is 0.660. The Balaban J connectivity index is 2.19. The van der Waals surface area contributed by atoms with E-state index in [-0.39, 0.29) is 5.43 Å². The Morgan fingerprint density at radius 1 is 0.783 bits per heavy atom. The molecule has 3 rings (SSSR count). The van der Waals surface area contributed by atoms with Gasteiger partial charge in [0.2, 0.25) is 0 Å². The lowest BCUT2D eigenvalue weighted by molar-refractivity contribution is 0.394. The molecule has 0 fully saturated rings. The van der Waals surface area contributed by atoms with Crippen LogP contribution in [-0.2, 0) is 0 Å². The lowest BCUT2D eigenvalue weighted by Gasteiger charge is -2.09. The number of fused-ring (bicyclic) bond motifs is 1. The molecule has 0 bridgehead atoms. The van der Waals surface area contributed by atoms with Crippen LogP contribution in [0, 0.1) is 0 Å². The van der Waals surface area contributed by atoms with Gasteiger partial charge in [-0.05, 0) is 35.9 Å². The number of ether oxygens (including phenoxy) is 3. The van der Waals surface area contributed by atoms with Crippen molar-refractivity contribution in [2.45, 2.75) is 0 Å². The fraction of sp³-hybridized carbons (Fsp3) is 0.167. The van der Waals surface area contributed by atoms with Crippen molar-refractivity contribution >= 4 is 21.4 Å². The second-order valence-corrected chi connectivity index (χ2v) is 6.02. The molecular weight excluding hydrogens is 312 g/mol. The summed E-state index contributed by atoms with van der Waals surface area (Å²) in [6.07, 6.45) is 0. The van der Waals surface area contributed by atoms with Crippen molar-refractivity contribution < 1.29 is 14.2 Å². The number of hydrogen-bond acceptors (Lipinski definition) is 5. The van der Waals surface area contributed by atoms with Crippen LogP contribution in [0.5, 0.6) is 17.2 Å². The van der Waals surface area contributed by atoms with Gasteiger partial charge in [-0.2, -0.15) is 0 Å². The third kappa shape index (κ3) is 3.00. The first-order valence-electron chi connectivity index (χ1n) is 7.00. The molecule has 5 heteroatoms. The van der Waals surface area contributed by atoms with E-state index in [1.807, 2.05) is 24.3 Å². The van der Waals surface area contributed by atoms with Gasteiger partial charge in [-0.3, -0.25) is 4.79 Å². The molecule has 0 aliphatic rings. The molecule has 0 radical (unpaired) electrons. The van der Waals surface area contributed by atoms with E-state index in [2.05, 4.69) is 0 Å². The molecule has 0 aliphatic heterocycles. The summed E-state index contributed by atoms with van der Waals surface area (Å²) in [6, 6.07) is 12.8. The van der Waals surface area contributed by atoms with Crippen molar-refractivity contribution in [1.29, 1.82) is 0 Å². The molecule has 0 unspecified atom stereocenters. The molecule has 2 aromatic carbocycles. The monoisotopic (exact) mass is 328 g/mol. The molecule has 0 spiro atoms. The first-order chi connectivity index (χ1) is 11.1. The highest BCUT2D eigenvalue weighted by atomic mass is 32.1. The number of hydrogen-bond donors (Lipinski definition) is 0. The molecule has 0 aliphatic carbocycles. The summed E-state index contributed by atoms with van der Waals surface area (Å²) < 4.78 is 16.7. The normalized spacial score (nSPS) is 10.6. The minimum atomic E-state index is -0.0329. The van der Waals surface area contributed by atoms with E-state index in [0.717, 1.165) is 15.1 Å². The largest absolute Gasteiger partial charge is 0.497 e. The summed E-state index contributed by atoms with van der Waals surface area (Å²) >= 11 is 1.55. The zero-order chi connectivity index (χ0) is 16.4. The molecule has 23 heavy (non-hydrogen) atoms. The summed E-state index contributed by atoms with van der Waals surface area (Å²) in [6.45, 7) is 0. The van der Waals surface area contributed by atoms with Crippen LogP contribution in [0.4, 0.5) is 0 Å². The van der Waals surface area contributed by atoms with Gasteiger partial charge in [0.25, 0.3) is 0 Å². The van der Waals surface area contributed by atoms with Crippen LogP contribution >= 0.6 is 11.3 Å². The molecule has 1 heterocycles. The SMILES string of the molecule is COc1cc(OC)cc(-c2cc(=O)c3cc(OC)ccc3s2)c1. The van der Waals surface area contributed by atoms with E-state index in [9.17, 15) is 4.79 Å². The molecule has 0 amide bonds. The van der Waals surface area contributed by atoms with Crippen LogP contribution in [0.1, 0.15) is 0 Å². The summed E-state index contributed by atoms with van der Waals surface area (Å²) in [7, 11) is 4.80. The van der Waals surface area contributed by atoms with Crippen LogP contribution in [0.25, 0.3) is 20.5 Å². The highest BCUT2D eigenvalue weighted by Gasteiger charge is 2.09. The van der Waals surface area contributed by atoms with Gasteiger partial charge in [-0.25, -0.2) is 0 Å². The maximum absolute atomic E-state index is 12.4. The van der Waals surface area contributed by atoms with Crippen LogP contribution in [-0.4, -0.2) is 21.3 Å². The maximum atomic E-state index is 12.4. The molecule has 3 aromatic rings. The van der Waals surface area contributed by atoms with E-state index in [1.165, 1.54) is 0 Å². The third-order valence-corrected chi connectivity index (χ3v) is 4.72. The zero-order valence-corrected chi connectivity index (χ0v) is 13.9. The third-order valence-electron chi connectivity index (χ3n) is 3.57. The molecule has 0 saturated heterocycles. The van der Waals surface area contributed by atoms with E-state index < -0.39 is 0 Å². The fourth-order valence-corrected chi connectivity index (χ4v) is 3.40. The van der Waals surface area contributed by atoms with E-state index in [4.69, 9.17) is 14.2 Å². The Bertz CT molecular complexity index is 892. The highest BCUT2D eigenvalue weighted by molar-refractivity contribution is 7.21. The molecule has 4 nitrogen and oxygen atoms in total. The Morgan fingerprint density at radius 3 is 2.04 bits per heavy atom. The van der Waals surface area contributed by atoms with Gasteiger partial charge in [0.15, 0.2) is 5.43 Å². The number of methoxy groups -OCH3 is 3. The molecule has 1 aromatic heterocycles. The Hall–Kier alpha value is -2.53. The smallest absolute Gasteiger partial charge is 0.188 e. The van der Waals surface area contributed by atoms with Crippen molar-refractivity contribution in [3.05, 3.63) is 52.7 Å². The lowest BCUT2D eigenvalue weighted by atomic mass is 10.1. The van der Waals surface area contributed by atoms with Crippen molar-refractivity contribution in [3.8, 4) is 27.7 Å². The quantitative estimate of drug-likeness (QED) is 0.727. The Labute approximate surface area is 137 Å². The van der Waals surface area contributed by atoms with Crippen molar-refractivity contribution in [1.82, 2.24) is 0 Å². The number of rotatable bonds is 4. The average molecular weight is 328 g/mol. The zero-order valence-electron chi connectivity index (χ0n) is 13.1. The van der Waals surface area contributed by atoms with Gasteiger partial charge in [-0.1, -0.05) is 0 Å². The topological polar surface area (TPSA) is 44.8 Å². The second kappa shape index (κ2) is 6.30.